The van der Waals surface area contributed by atoms with Gasteiger partial charge in [-0.05, 0) is 39.2 Å². The van der Waals surface area contributed by atoms with Crippen molar-refractivity contribution in [3.63, 3.8) is 0 Å². The highest BCUT2D eigenvalue weighted by Crippen LogP contribution is 2.28. The van der Waals surface area contributed by atoms with E-state index in [1.54, 1.807) is 6.08 Å². The highest BCUT2D eigenvalue weighted by molar-refractivity contribution is 9.11. The van der Waals surface area contributed by atoms with Gasteiger partial charge in [-0.1, -0.05) is 33.2 Å². The first-order valence-corrected chi connectivity index (χ1v) is 5.65. The Balaban J connectivity index is 2.94. The molecule has 0 unspecified atom stereocenters. The van der Waals surface area contributed by atoms with E-state index in [4.69, 9.17) is 11.3 Å². The molecular weight excluding hydrogens is 324 g/mol. The van der Waals surface area contributed by atoms with Gasteiger partial charge in [0.1, 0.15) is 0 Å². The molecule has 0 fully saturated rings. The number of rotatable bonds is 3. The minimum Gasteiger partial charge on any atom is -0.397 e. The van der Waals surface area contributed by atoms with E-state index in [0.29, 0.717) is 12.2 Å². The molecule has 78 valence electrons. The van der Waals surface area contributed by atoms with E-state index in [9.17, 15) is 0 Å². The van der Waals surface area contributed by atoms with Crippen LogP contribution in [-0.2, 0) is 0 Å². The smallest absolute Gasteiger partial charge is 0.0532 e. The van der Waals surface area contributed by atoms with E-state index in [0.717, 1.165) is 14.5 Å². The van der Waals surface area contributed by atoms with E-state index in [-0.39, 0.29) is 0 Å². The Morgan fingerprint density at radius 3 is 2.87 bits per heavy atom. The highest BCUT2D eigenvalue weighted by Gasteiger charge is 2.01. The average Bonchev–Trinajstić information content (AvgIpc) is 2.19. The van der Waals surface area contributed by atoms with Crippen LogP contribution in [-0.4, -0.2) is 6.54 Å². The maximum atomic E-state index is 8.09. The standard InChI is InChI=1S/C9H8Br2N4/c10-7-4-6(2-1-3-14-15-13)9(12)8(11)5-7/h1-2,4-5H,3,12H2. The molecule has 0 aliphatic rings. The summed E-state index contributed by atoms with van der Waals surface area (Å²) < 4.78 is 1.77. The molecule has 6 heteroatoms. The summed E-state index contributed by atoms with van der Waals surface area (Å²) in [7, 11) is 0. The molecule has 0 aliphatic carbocycles. The first kappa shape index (κ1) is 12.1. The third-order valence-corrected chi connectivity index (χ3v) is 2.79. The SMILES string of the molecule is [N-]=[N+]=NCC=Cc1cc(Br)cc(Br)c1N. The monoisotopic (exact) mass is 330 g/mol. The largest absolute Gasteiger partial charge is 0.397 e. The molecule has 0 bridgehead atoms. The Bertz CT molecular complexity index is 436. The van der Waals surface area contributed by atoms with Gasteiger partial charge in [0.2, 0.25) is 0 Å². The number of nitrogens with zero attached hydrogens (tertiary/aromatic N) is 3. The zero-order valence-corrected chi connectivity index (χ0v) is 10.9. The van der Waals surface area contributed by atoms with Crippen molar-refractivity contribution in [2.75, 3.05) is 12.3 Å². The fraction of sp³-hybridized carbons (Fsp3) is 0.111. The van der Waals surface area contributed by atoms with E-state index in [1.807, 2.05) is 18.2 Å². The Labute approximate surface area is 104 Å². The van der Waals surface area contributed by atoms with Gasteiger partial charge < -0.3 is 5.73 Å². The lowest BCUT2D eigenvalue weighted by atomic mass is 10.1. The summed E-state index contributed by atoms with van der Waals surface area (Å²) in [5, 5.41) is 3.39. The molecule has 0 amide bonds. The van der Waals surface area contributed by atoms with E-state index >= 15 is 0 Å². The third kappa shape index (κ3) is 3.58. The van der Waals surface area contributed by atoms with E-state index in [1.165, 1.54) is 0 Å². The van der Waals surface area contributed by atoms with Crippen LogP contribution in [0.4, 0.5) is 5.69 Å². The van der Waals surface area contributed by atoms with Crippen molar-refractivity contribution >= 4 is 43.6 Å². The summed E-state index contributed by atoms with van der Waals surface area (Å²) in [5.41, 5.74) is 15.5. The zero-order chi connectivity index (χ0) is 11.3. The number of hydrogen-bond donors (Lipinski definition) is 1. The summed E-state index contributed by atoms with van der Waals surface area (Å²) in [6.07, 6.45) is 3.57. The quantitative estimate of drug-likeness (QED) is 0.384. The van der Waals surface area contributed by atoms with Crippen molar-refractivity contribution in [3.8, 4) is 0 Å². The molecule has 0 atom stereocenters. The summed E-state index contributed by atoms with van der Waals surface area (Å²) in [6, 6.07) is 3.77. The van der Waals surface area contributed by atoms with Crippen LogP contribution in [0.3, 0.4) is 0 Å². The van der Waals surface area contributed by atoms with Crippen molar-refractivity contribution in [1.29, 1.82) is 0 Å². The van der Waals surface area contributed by atoms with Gasteiger partial charge in [-0.3, -0.25) is 0 Å². The van der Waals surface area contributed by atoms with Gasteiger partial charge in [0, 0.05) is 20.4 Å². The van der Waals surface area contributed by atoms with Crippen molar-refractivity contribution in [1.82, 2.24) is 0 Å². The number of nitrogens with two attached hydrogens (primary N) is 1. The molecule has 0 saturated heterocycles. The molecule has 0 saturated carbocycles. The summed E-state index contributed by atoms with van der Waals surface area (Å²) >= 11 is 6.72. The highest BCUT2D eigenvalue weighted by atomic mass is 79.9. The molecule has 15 heavy (non-hydrogen) atoms. The summed E-state index contributed by atoms with van der Waals surface area (Å²) in [4.78, 5) is 2.65. The Morgan fingerprint density at radius 1 is 1.47 bits per heavy atom. The number of anilines is 1. The third-order valence-electron chi connectivity index (χ3n) is 1.67. The molecule has 0 aromatic heterocycles. The Hall–Kier alpha value is -0.970. The van der Waals surface area contributed by atoms with Crippen molar-refractivity contribution in [3.05, 3.63) is 43.2 Å². The minimum absolute atomic E-state index is 0.320. The van der Waals surface area contributed by atoms with Gasteiger partial charge in [0.15, 0.2) is 0 Å². The summed E-state index contributed by atoms with van der Waals surface area (Å²) in [5.74, 6) is 0. The number of benzene rings is 1. The van der Waals surface area contributed by atoms with Crippen molar-refractivity contribution in [2.45, 2.75) is 0 Å². The number of azide groups is 1. The Morgan fingerprint density at radius 2 is 2.20 bits per heavy atom. The summed E-state index contributed by atoms with van der Waals surface area (Å²) in [6.45, 7) is 0.320. The van der Waals surface area contributed by atoms with Crippen LogP contribution in [0.15, 0.2) is 32.3 Å². The minimum atomic E-state index is 0.320. The topological polar surface area (TPSA) is 74.8 Å². The second-order valence-electron chi connectivity index (χ2n) is 2.71. The fourth-order valence-electron chi connectivity index (χ4n) is 1.01. The number of hydrogen-bond acceptors (Lipinski definition) is 2. The molecule has 4 nitrogen and oxygen atoms in total. The number of nitrogen functional groups attached to an aromatic ring is 1. The van der Waals surface area contributed by atoms with Gasteiger partial charge in [0.05, 0.1) is 5.69 Å². The van der Waals surface area contributed by atoms with Crippen LogP contribution >= 0.6 is 31.9 Å². The van der Waals surface area contributed by atoms with Gasteiger partial charge in [-0.2, -0.15) is 0 Å². The zero-order valence-electron chi connectivity index (χ0n) is 7.69. The second kappa shape index (κ2) is 5.80. The first-order chi connectivity index (χ1) is 7.15. The lowest BCUT2D eigenvalue weighted by molar-refractivity contribution is 1.22. The Kier molecular flexibility index (Phi) is 4.68. The van der Waals surface area contributed by atoms with Crippen LogP contribution in [0.5, 0.6) is 0 Å². The lowest BCUT2D eigenvalue weighted by Gasteiger charge is -2.04. The molecule has 1 aromatic carbocycles. The predicted octanol–water partition coefficient (Wildman–Crippen LogP) is 4.12. The van der Waals surface area contributed by atoms with Gasteiger partial charge >= 0.3 is 0 Å². The van der Waals surface area contributed by atoms with E-state index in [2.05, 4.69) is 41.9 Å². The molecule has 0 radical (unpaired) electrons. The van der Waals surface area contributed by atoms with Crippen LogP contribution in [0.2, 0.25) is 0 Å². The molecule has 1 rings (SSSR count). The maximum Gasteiger partial charge on any atom is 0.0532 e. The predicted molar refractivity (Wildman–Crippen MR) is 69.3 cm³/mol. The molecule has 0 spiro atoms. The maximum absolute atomic E-state index is 8.09. The van der Waals surface area contributed by atoms with Gasteiger partial charge in [0.25, 0.3) is 0 Å². The van der Waals surface area contributed by atoms with Crippen LogP contribution in [0, 0.1) is 0 Å². The molecular formula is C9H8Br2N4. The number of halogens is 2. The van der Waals surface area contributed by atoms with Crippen molar-refractivity contribution in [2.24, 2.45) is 5.11 Å². The molecule has 2 N–H and O–H groups in total. The van der Waals surface area contributed by atoms with Crippen LogP contribution in [0.25, 0.3) is 16.5 Å². The lowest BCUT2D eigenvalue weighted by Crippen LogP contribution is -1.91. The van der Waals surface area contributed by atoms with Crippen LogP contribution < -0.4 is 5.73 Å². The molecule has 0 heterocycles. The van der Waals surface area contributed by atoms with Crippen LogP contribution in [0.1, 0.15) is 5.56 Å². The second-order valence-corrected chi connectivity index (χ2v) is 4.48. The first-order valence-electron chi connectivity index (χ1n) is 4.07. The normalized spacial score (nSPS) is 10.3. The van der Waals surface area contributed by atoms with Gasteiger partial charge in [-0.15, -0.1) is 0 Å². The van der Waals surface area contributed by atoms with E-state index < -0.39 is 0 Å². The average molecular weight is 332 g/mol. The fourth-order valence-corrected chi connectivity index (χ4v) is 2.26. The molecule has 1 aromatic rings. The van der Waals surface area contributed by atoms with Crippen molar-refractivity contribution < 1.29 is 0 Å². The molecule has 0 aliphatic heterocycles. The van der Waals surface area contributed by atoms with Gasteiger partial charge in [-0.25, -0.2) is 0 Å².